The molecule has 102 valence electrons. The lowest BCUT2D eigenvalue weighted by atomic mass is 10.1. The van der Waals surface area contributed by atoms with Crippen LogP contribution in [0, 0.1) is 0 Å². The highest BCUT2D eigenvalue weighted by Gasteiger charge is 2.10. The Balaban J connectivity index is 1.81. The molecule has 0 spiro atoms. The number of para-hydroxylation sites is 1. The van der Waals surface area contributed by atoms with Crippen LogP contribution in [-0.4, -0.2) is 20.0 Å². The maximum atomic E-state index is 5.79. The highest BCUT2D eigenvalue weighted by atomic mass is 15.3. The van der Waals surface area contributed by atoms with E-state index in [0.717, 1.165) is 33.5 Å². The van der Waals surface area contributed by atoms with Crippen molar-refractivity contribution in [2.75, 3.05) is 5.73 Å². The molecule has 0 aliphatic carbocycles. The Kier molecular flexibility index (Phi) is 2.50. The van der Waals surface area contributed by atoms with Gasteiger partial charge in [-0.05, 0) is 30.3 Å². The Bertz CT molecular complexity index is 905. The average Bonchev–Trinajstić information content (AvgIpc) is 3.13. The quantitative estimate of drug-likeness (QED) is 0.552. The molecule has 3 N–H and O–H groups in total. The summed E-state index contributed by atoms with van der Waals surface area (Å²) in [6.07, 6.45) is 3.79. The van der Waals surface area contributed by atoms with Crippen LogP contribution in [0.1, 0.15) is 0 Å². The zero-order valence-corrected chi connectivity index (χ0v) is 11.2. The number of anilines is 1. The molecule has 2 heterocycles. The minimum atomic E-state index is 0.720. The van der Waals surface area contributed by atoms with E-state index in [4.69, 9.17) is 5.73 Å². The van der Waals surface area contributed by atoms with E-state index in [1.807, 2.05) is 65.6 Å². The largest absolute Gasteiger partial charge is 0.399 e. The second kappa shape index (κ2) is 4.49. The van der Waals surface area contributed by atoms with Crippen LogP contribution in [0.2, 0.25) is 0 Å². The molecule has 5 heteroatoms. The molecule has 0 aliphatic rings. The molecule has 0 radical (unpaired) electrons. The van der Waals surface area contributed by atoms with Crippen LogP contribution >= 0.6 is 0 Å². The standard InChI is InChI=1S/C16H13N5/c17-12-6-7-14-15(8-12)19-20-16(14)11-9-18-21(10-11)13-4-2-1-3-5-13/h1-10H,17H2,(H,19,20). The fourth-order valence-electron chi connectivity index (χ4n) is 2.42. The van der Waals surface area contributed by atoms with Crippen LogP contribution in [0.3, 0.4) is 0 Å². The van der Waals surface area contributed by atoms with Crippen molar-refractivity contribution in [2.24, 2.45) is 0 Å². The summed E-state index contributed by atoms with van der Waals surface area (Å²) in [5, 5.41) is 12.8. The van der Waals surface area contributed by atoms with Gasteiger partial charge in [0, 0.05) is 22.8 Å². The summed E-state index contributed by atoms with van der Waals surface area (Å²) in [6.45, 7) is 0. The van der Waals surface area contributed by atoms with Crippen molar-refractivity contribution in [2.45, 2.75) is 0 Å². The predicted octanol–water partition coefficient (Wildman–Crippen LogP) is 3.00. The third-order valence-corrected chi connectivity index (χ3v) is 3.46. The summed E-state index contributed by atoms with van der Waals surface area (Å²) < 4.78 is 1.84. The number of nitrogen functional groups attached to an aromatic ring is 1. The lowest BCUT2D eigenvalue weighted by molar-refractivity contribution is 0.880. The molecule has 21 heavy (non-hydrogen) atoms. The zero-order valence-electron chi connectivity index (χ0n) is 11.2. The van der Waals surface area contributed by atoms with Gasteiger partial charge in [0.2, 0.25) is 0 Å². The van der Waals surface area contributed by atoms with Crippen molar-refractivity contribution in [3.63, 3.8) is 0 Å². The number of rotatable bonds is 2. The first kappa shape index (κ1) is 11.7. The first-order chi connectivity index (χ1) is 10.3. The van der Waals surface area contributed by atoms with Gasteiger partial charge in [-0.25, -0.2) is 4.68 Å². The van der Waals surface area contributed by atoms with E-state index < -0.39 is 0 Å². The van der Waals surface area contributed by atoms with Crippen LogP contribution in [0.4, 0.5) is 5.69 Å². The number of aromatic amines is 1. The van der Waals surface area contributed by atoms with E-state index in [0.29, 0.717) is 0 Å². The fraction of sp³-hybridized carbons (Fsp3) is 0. The fourth-order valence-corrected chi connectivity index (χ4v) is 2.42. The van der Waals surface area contributed by atoms with E-state index in [-0.39, 0.29) is 0 Å². The van der Waals surface area contributed by atoms with Gasteiger partial charge in [-0.2, -0.15) is 10.2 Å². The van der Waals surface area contributed by atoms with Gasteiger partial charge in [-0.1, -0.05) is 18.2 Å². The van der Waals surface area contributed by atoms with Crippen LogP contribution in [0.25, 0.3) is 27.8 Å². The van der Waals surface area contributed by atoms with Gasteiger partial charge >= 0.3 is 0 Å². The molecule has 4 rings (SSSR count). The summed E-state index contributed by atoms with van der Waals surface area (Å²) in [5.41, 5.74) is 10.3. The van der Waals surface area contributed by atoms with Crippen LogP contribution in [-0.2, 0) is 0 Å². The normalized spacial score (nSPS) is 11.0. The second-order valence-corrected chi connectivity index (χ2v) is 4.89. The summed E-state index contributed by atoms with van der Waals surface area (Å²) in [5.74, 6) is 0. The smallest absolute Gasteiger partial charge is 0.103 e. The summed E-state index contributed by atoms with van der Waals surface area (Å²) in [4.78, 5) is 0. The van der Waals surface area contributed by atoms with Crippen molar-refractivity contribution in [3.05, 3.63) is 60.9 Å². The maximum Gasteiger partial charge on any atom is 0.103 e. The van der Waals surface area contributed by atoms with E-state index >= 15 is 0 Å². The van der Waals surface area contributed by atoms with Gasteiger partial charge in [0.25, 0.3) is 0 Å². The molecule has 5 nitrogen and oxygen atoms in total. The van der Waals surface area contributed by atoms with Crippen LogP contribution < -0.4 is 5.73 Å². The van der Waals surface area contributed by atoms with Crippen molar-refractivity contribution in [3.8, 4) is 16.9 Å². The lowest BCUT2D eigenvalue weighted by Crippen LogP contribution is -1.92. The zero-order chi connectivity index (χ0) is 14.2. The number of hydrogen-bond donors (Lipinski definition) is 2. The number of fused-ring (bicyclic) bond motifs is 1. The summed E-state index contributed by atoms with van der Waals surface area (Å²) in [7, 11) is 0. The van der Waals surface area contributed by atoms with Gasteiger partial charge in [-0.15, -0.1) is 0 Å². The summed E-state index contributed by atoms with van der Waals surface area (Å²) >= 11 is 0. The monoisotopic (exact) mass is 275 g/mol. The number of nitrogens with two attached hydrogens (primary N) is 1. The van der Waals surface area contributed by atoms with Gasteiger partial charge in [-0.3, -0.25) is 5.10 Å². The van der Waals surface area contributed by atoms with Crippen molar-refractivity contribution >= 4 is 16.6 Å². The van der Waals surface area contributed by atoms with Gasteiger partial charge in [0.1, 0.15) is 5.69 Å². The Morgan fingerprint density at radius 2 is 1.90 bits per heavy atom. The minimum absolute atomic E-state index is 0.720. The first-order valence-corrected chi connectivity index (χ1v) is 6.65. The third-order valence-electron chi connectivity index (χ3n) is 3.46. The Hall–Kier alpha value is -3.08. The number of hydrogen-bond acceptors (Lipinski definition) is 3. The van der Waals surface area contributed by atoms with Crippen LogP contribution in [0.5, 0.6) is 0 Å². The number of nitrogens with zero attached hydrogens (tertiary/aromatic N) is 3. The molecule has 0 saturated carbocycles. The predicted molar refractivity (Wildman–Crippen MR) is 83.1 cm³/mol. The molecule has 0 bridgehead atoms. The number of benzene rings is 2. The van der Waals surface area contributed by atoms with Crippen molar-refractivity contribution in [1.82, 2.24) is 20.0 Å². The van der Waals surface area contributed by atoms with E-state index in [1.54, 1.807) is 0 Å². The van der Waals surface area contributed by atoms with E-state index in [9.17, 15) is 0 Å². The average molecular weight is 275 g/mol. The van der Waals surface area contributed by atoms with Gasteiger partial charge < -0.3 is 5.73 Å². The molecule has 0 aliphatic heterocycles. The van der Waals surface area contributed by atoms with Crippen molar-refractivity contribution < 1.29 is 0 Å². The van der Waals surface area contributed by atoms with Crippen LogP contribution in [0.15, 0.2) is 60.9 Å². The Morgan fingerprint density at radius 1 is 1.05 bits per heavy atom. The van der Waals surface area contributed by atoms with Gasteiger partial charge in [0.05, 0.1) is 17.4 Å². The molecular weight excluding hydrogens is 262 g/mol. The molecule has 4 aromatic rings. The SMILES string of the molecule is Nc1ccc2c(-c3cnn(-c4ccccc4)c3)n[nH]c2c1. The highest BCUT2D eigenvalue weighted by Crippen LogP contribution is 2.27. The van der Waals surface area contributed by atoms with E-state index in [2.05, 4.69) is 15.3 Å². The highest BCUT2D eigenvalue weighted by molar-refractivity contribution is 5.94. The Morgan fingerprint density at radius 3 is 2.76 bits per heavy atom. The summed E-state index contributed by atoms with van der Waals surface area (Å²) in [6, 6.07) is 15.7. The van der Waals surface area contributed by atoms with Crippen molar-refractivity contribution in [1.29, 1.82) is 0 Å². The second-order valence-electron chi connectivity index (χ2n) is 4.89. The van der Waals surface area contributed by atoms with Gasteiger partial charge in [0.15, 0.2) is 0 Å². The number of nitrogens with one attached hydrogen (secondary N) is 1. The molecule has 0 saturated heterocycles. The molecule has 2 aromatic carbocycles. The maximum absolute atomic E-state index is 5.79. The molecule has 0 atom stereocenters. The first-order valence-electron chi connectivity index (χ1n) is 6.65. The minimum Gasteiger partial charge on any atom is -0.399 e. The number of H-pyrrole nitrogens is 1. The lowest BCUT2D eigenvalue weighted by Gasteiger charge is -1.99. The topological polar surface area (TPSA) is 72.5 Å². The third kappa shape index (κ3) is 1.95. The molecule has 0 unspecified atom stereocenters. The molecule has 0 fully saturated rings. The molecule has 2 aromatic heterocycles. The Labute approximate surface area is 121 Å². The van der Waals surface area contributed by atoms with E-state index in [1.165, 1.54) is 0 Å². The number of aromatic nitrogens is 4. The molecule has 0 amide bonds. The molecular formula is C16H13N5.